The van der Waals surface area contributed by atoms with Crippen molar-refractivity contribution in [2.45, 2.75) is 0 Å². The van der Waals surface area contributed by atoms with Crippen molar-refractivity contribution in [2.24, 2.45) is 0 Å². The van der Waals surface area contributed by atoms with Crippen LogP contribution in [-0.4, -0.2) is 16.2 Å². The number of carboxylic acid groups (broad SMARTS) is 1. The molecule has 0 aliphatic rings. The van der Waals surface area contributed by atoms with E-state index >= 15 is 0 Å². The van der Waals surface area contributed by atoms with Crippen LogP contribution in [0.25, 0.3) is 11.1 Å². The number of nitrogens with one attached hydrogen (secondary N) is 1. The van der Waals surface area contributed by atoms with E-state index in [1.54, 1.807) is 24.4 Å². The zero-order valence-corrected chi connectivity index (χ0v) is 8.92. The Labute approximate surface area is 97.9 Å². The van der Waals surface area contributed by atoms with E-state index in [0.717, 1.165) is 11.1 Å². The number of hydrogen-bond acceptors (Lipinski definition) is 3. The lowest BCUT2D eigenvalue weighted by Crippen LogP contribution is -2.08. The summed E-state index contributed by atoms with van der Waals surface area (Å²) < 4.78 is 0. The molecule has 0 bridgehead atoms. The first kappa shape index (κ1) is 10.9. The van der Waals surface area contributed by atoms with Crippen LogP contribution in [0.1, 0.15) is 0 Å². The maximum atomic E-state index is 10.5. The Balaban J connectivity index is 2.36. The molecule has 0 aliphatic heterocycles. The summed E-state index contributed by atoms with van der Waals surface area (Å²) in [5.74, 6) is 0.289. The molecule has 1 heterocycles. The molecular weight excluding hydrogens is 218 g/mol. The maximum absolute atomic E-state index is 10.5. The van der Waals surface area contributed by atoms with Crippen LogP contribution in [0.5, 0.6) is 0 Å². The van der Waals surface area contributed by atoms with E-state index < -0.39 is 6.09 Å². The highest BCUT2D eigenvalue weighted by Gasteiger charge is 2.02. The van der Waals surface area contributed by atoms with Gasteiger partial charge in [0.25, 0.3) is 0 Å². The van der Waals surface area contributed by atoms with Crippen molar-refractivity contribution < 1.29 is 9.90 Å². The summed E-state index contributed by atoms with van der Waals surface area (Å²) in [6, 6.07) is 10.8. The maximum Gasteiger partial charge on any atom is 0.410 e. The van der Waals surface area contributed by atoms with Crippen LogP contribution >= 0.6 is 0 Å². The van der Waals surface area contributed by atoms with Gasteiger partial charge in [0.2, 0.25) is 0 Å². The van der Waals surface area contributed by atoms with Gasteiger partial charge in [0.1, 0.15) is 5.82 Å². The van der Waals surface area contributed by atoms with Gasteiger partial charge in [0.05, 0.1) is 0 Å². The molecule has 0 spiro atoms. The Morgan fingerprint density at radius 1 is 1.24 bits per heavy atom. The molecule has 2 rings (SSSR count). The fraction of sp³-hybridized carbons (Fsp3) is 0. The Morgan fingerprint density at radius 3 is 2.71 bits per heavy atom. The summed E-state index contributed by atoms with van der Waals surface area (Å²) in [5.41, 5.74) is 8.12. The SMILES string of the molecule is Nc1cccc(-c2ccnc(NC(=O)O)c2)c1. The molecule has 5 nitrogen and oxygen atoms in total. The Bertz CT molecular complexity index is 555. The number of nitrogens with two attached hydrogens (primary N) is 1. The van der Waals surface area contributed by atoms with Gasteiger partial charge in [-0.2, -0.15) is 0 Å². The topological polar surface area (TPSA) is 88.2 Å². The minimum absolute atomic E-state index is 0.289. The standard InChI is InChI=1S/C12H11N3O2/c13-10-3-1-2-8(6-10)9-4-5-14-11(7-9)15-12(16)17/h1-7H,13H2,(H,14,15)(H,16,17). The third-order valence-corrected chi connectivity index (χ3v) is 2.21. The van der Waals surface area contributed by atoms with Crippen LogP contribution in [-0.2, 0) is 0 Å². The van der Waals surface area contributed by atoms with E-state index in [1.807, 2.05) is 18.2 Å². The zero-order valence-electron chi connectivity index (χ0n) is 8.92. The number of carbonyl (C=O) groups is 1. The van der Waals surface area contributed by atoms with E-state index in [1.165, 1.54) is 0 Å². The molecule has 1 aromatic carbocycles. The van der Waals surface area contributed by atoms with Gasteiger partial charge >= 0.3 is 6.09 Å². The van der Waals surface area contributed by atoms with Crippen LogP contribution in [0.4, 0.5) is 16.3 Å². The summed E-state index contributed by atoms with van der Waals surface area (Å²) in [7, 11) is 0. The summed E-state index contributed by atoms with van der Waals surface area (Å²) in [6.07, 6.45) is 0.409. The van der Waals surface area contributed by atoms with Crippen LogP contribution in [0, 0.1) is 0 Å². The van der Waals surface area contributed by atoms with Gasteiger partial charge in [-0.15, -0.1) is 0 Å². The molecule has 0 unspecified atom stereocenters. The van der Waals surface area contributed by atoms with E-state index in [0.29, 0.717) is 5.69 Å². The number of anilines is 2. The predicted octanol–water partition coefficient (Wildman–Crippen LogP) is 2.42. The van der Waals surface area contributed by atoms with Crippen LogP contribution in [0.2, 0.25) is 0 Å². The second-order valence-electron chi connectivity index (χ2n) is 3.49. The van der Waals surface area contributed by atoms with Gasteiger partial charge in [0.15, 0.2) is 0 Å². The van der Waals surface area contributed by atoms with Gasteiger partial charge in [0, 0.05) is 11.9 Å². The van der Waals surface area contributed by atoms with Crippen LogP contribution < -0.4 is 11.1 Å². The number of nitrogen functional groups attached to an aromatic ring is 1. The monoisotopic (exact) mass is 229 g/mol. The van der Waals surface area contributed by atoms with Gasteiger partial charge in [-0.25, -0.2) is 9.78 Å². The molecule has 2 aromatic rings. The molecular formula is C12H11N3O2. The quantitative estimate of drug-likeness (QED) is 0.690. The molecule has 1 amide bonds. The average Bonchev–Trinajstić information content (AvgIpc) is 2.28. The highest BCUT2D eigenvalue weighted by molar-refractivity contribution is 5.82. The number of amides is 1. The fourth-order valence-electron chi connectivity index (χ4n) is 1.51. The van der Waals surface area contributed by atoms with Crippen molar-refractivity contribution in [3.8, 4) is 11.1 Å². The second kappa shape index (κ2) is 4.52. The van der Waals surface area contributed by atoms with Crippen molar-refractivity contribution in [3.63, 3.8) is 0 Å². The molecule has 0 aliphatic carbocycles. The largest absolute Gasteiger partial charge is 0.465 e. The normalized spacial score (nSPS) is 9.88. The molecule has 0 fully saturated rings. The fourth-order valence-corrected chi connectivity index (χ4v) is 1.51. The number of benzene rings is 1. The minimum atomic E-state index is -1.14. The molecule has 17 heavy (non-hydrogen) atoms. The van der Waals surface area contributed by atoms with E-state index in [9.17, 15) is 4.79 Å². The first-order chi connectivity index (χ1) is 8.15. The summed E-state index contributed by atoms with van der Waals surface area (Å²) in [5, 5.41) is 10.8. The van der Waals surface area contributed by atoms with Crippen LogP contribution in [0.15, 0.2) is 42.6 Å². The number of pyridine rings is 1. The Kier molecular flexibility index (Phi) is 2.91. The van der Waals surface area contributed by atoms with E-state index in [2.05, 4.69) is 10.3 Å². The van der Waals surface area contributed by atoms with Crippen molar-refractivity contribution in [3.05, 3.63) is 42.6 Å². The third kappa shape index (κ3) is 2.72. The molecule has 0 radical (unpaired) electrons. The van der Waals surface area contributed by atoms with E-state index in [4.69, 9.17) is 10.8 Å². The highest BCUT2D eigenvalue weighted by Crippen LogP contribution is 2.22. The Morgan fingerprint density at radius 2 is 2.00 bits per heavy atom. The van der Waals surface area contributed by atoms with Crippen LogP contribution in [0.3, 0.4) is 0 Å². The summed E-state index contributed by atoms with van der Waals surface area (Å²) in [6.45, 7) is 0. The number of aromatic nitrogens is 1. The smallest absolute Gasteiger partial charge is 0.410 e. The van der Waals surface area contributed by atoms with Gasteiger partial charge in [-0.3, -0.25) is 5.32 Å². The van der Waals surface area contributed by atoms with Crippen molar-refractivity contribution >= 4 is 17.6 Å². The predicted molar refractivity (Wildman–Crippen MR) is 65.7 cm³/mol. The molecule has 0 saturated carbocycles. The number of rotatable bonds is 2. The first-order valence-corrected chi connectivity index (χ1v) is 4.97. The first-order valence-electron chi connectivity index (χ1n) is 4.97. The molecule has 1 aromatic heterocycles. The van der Waals surface area contributed by atoms with Gasteiger partial charge in [-0.1, -0.05) is 12.1 Å². The van der Waals surface area contributed by atoms with E-state index in [-0.39, 0.29) is 5.82 Å². The van der Waals surface area contributed by atoms with Crippen molar-refractivity contribution in [1.29, 1.82) is 0 Å². The molecule has 0 saturated heterocycles. The Hall–Kier alpha value is -2.56. The molecule has 5 heteroatoms. The van der Waals surface area contributed by atoms with Gasteiger partial charge < -0.3 is 10.8 Å². The average molecular weight is 229 g/mol. The second-order valence-corrected chi connectivity index (χ2v) is 3.49. The minimum Gasteiger partial charge on any atom is -0.465 e. The third-order valence-electron chi connectivity index (χ3n) is 2.21. The summed E-state index contributed by atoms with van der Waals surface area (Å²) >= 11 is 0. The lowest BCUT2D eigenvalue weighted by atomic mass is 10.1. The molecule has 0 atom stereocenters. The molecule has 4 N–H and O–H groups in total. The van der Waals surface area contributed by atoms with Crippen molar-refractivity contribution in [1.82, 2.24) is 4.98 Å². The summed E-state index contributed by atoms with van der Waals surface area (Å²) in [4.78, 5) is 14.4. The highest BCUT2D eigenvalue weighted by atomic mass is 16.4. The number of nitrogens with zero attached hydrogens (tertiary/aromatic N) is 1. The zero-order chi connectivity index (χ0) is 12.3. The molecule has 86 valence electrons. The lowest BCUT2D eigenvalue weighted by molar-refractivity contribution is 0.209. The van der Waals surface area contributed by atoms with Crippen molar-refractivity contribution in [2.75, 3.05) is 11.1 Å². The van der Waals surface area contributed by atoms with Gasteiger partial charge in [-0.05, 0) is 35.4 Å². The lowest BCUT2D eigenvalue weighted by Gasteiger charge is -2.05. The number of hydrogen-bond donors (Lipinski definition) is 3.